The summed E-state index contributed by atoms with van der Waals surface area (Å²) in [6.07, 6.45) is 7.61. The van der Waals surface area contributed by atoms with Crippen LogP contribution in [0.25, 0.3) is 6.08 Å². The van der Waals surface area contributed by atoms with Gasteiger partial charge < -0.3 is 0 Å². The summed E-state index contributed by atoms with van der Waals surface area (Å²) in [5.74, 6) is 0. The standard InChI is InChI=1S/C15H13ClS.C7H10/c1-12(17-15-5-3-2-4-6-15)11-13-7-9-14(16)10-8-13;1-4-6-7(3)5-2/h2-11H,1H3;4-6H,1-2H2,3H3/b12-11+;7-6-. The molecule has 0 aromatic heterocycles. The van der Waals surface area contributed by atoms with Crippen LogP contribution in [0, 0.1) is 0 Å². The highest BCUT2D eigenvalue weighted by Crippen LogP contribution is 2.27. The van der Waals surface area contributed by atoms with Crippen LogP contribution in [0.2, 0.25) is 5.02 Å². The van der Waals surface area contributed by atoms with Crippen LogP contribution in [0.1, 0.15) is 19.4 Å². The van der Waals surface area contributed by atoms with Gasteiger partial charge in [-0.2, -0.15) is 0 Å². The van der Waals surface area contributed by atoms with Gasteiger partial charge in [-0.3, -0.25) is 0 Å². The second-order valence-electron chi connectivity index (χ2n) is 5.07. The largest absolute Gasteiger partial charge is 0.0991 e. The Hall–Kier alpha value is -1.96. The fourth-order valence-electron chi connectivity index (χ4n) is 1.75. The molecule has 2 heteroatoms. The minimum absolute atomic E-state index is 0.774. The molecule has 124 valence electrons. The molecule has 0 aliphatic rings. The Morgan fingerprint density at radius 1 is 0.958 bits per heavy atom. The molecule has 0 saturated carbocycles. The third kappa shape index (κ3) is 8.61. The molecular formula is C22H23ClS. The van der Waals surface area contributed by atoms with E-state index >= 15 is 0 Å². The molecule has 0 nitrogen and oxygen atoms in total. The first-order valence-corrected chi connectivity index (χ1v) is 8.83. The molecule has 0 heterocycles. The van der Waals surface area contributed by atoms with Crippen molar-refractivity contribution in [3.63, 3.8) is 0 Å². The van der Waals surface area contributed by atoms with E-state index in [1.54, 1.807) is 23.9 Å². The Morgan fingerprint density at radius 3 is 2.08 bits per heavy atom. The zero-order valence-corrected chi connectivity index (χ0v) is 15.8. The van der Waals surface area contributed by atoms with Gasteiger partial charge in [0.05, 0.1) is 0 Å². The predicted octanol–water partition coefficient (Wildman–Crippen LogP) is 7.80. The Morgan fingerprint density at radius 2 is 1.58 bits per heavy atom. The lowest BCUT2D eigenvalue weighted by atomic mass is 10.2. The second-order valence-corrected chi connectivity index (χ2v) is 6.83. The molecule has 0 saturated heterocycles. The zero-order chi connectivity index (χ0) is 17.8. The van der Waals surface area contributed by atoms with Gasteiger partial charge in [-0.15, -0.1) is 0 Å². The van der Waals surface area contributed by atoms with Crippen LogP contribution in [0.15, 0.2) is 101 Å². The third-order valence-electron chi connectivity index (χ3n) is 2.96. The number of allylic oxidation sites excluding steroid dienone is 5. The Labute approximate surface area is 155 Å². The minimum atomic E-state index is 0.774. The first-order chi connectivity index (χ1) is 11.5. The Bertz CT molecular complexity index is 695. The molecule has 2 aromatic rings. The van der Waals surface area contributed by atoms with Gasteiger partial charge in [-0.1, -0.05) is 90.7 Å². The number of rotatable bonds is 5. The summed E-state index contributed by atoms with van der Waals surface area (Å²) < 4.78 is 0. The van der Waals surface area contributed by atoms with Gasteiger partial charge in [0.2, 0.25) is 0 Å². The normalized spacial score (nSPS) is 11.3. The van der Waals surface area contributed by atoms with Gasteiger partial charge in [0.1, 0.15) is 0 Å². The summed E-state index contributed by atoms with van der Waals surface area (Å²) in [6.45, 7) is 11.2. The first kappa shape index (κ1) is 20.1. The summed E-state index contributed by atoms with van der Waals surface area (Å²) in [6, 6.07) is 18.2. The van der Waals surface area contributed by atoms with Crippen molar-refractivity contribution in [1.82, 2.24) is 0 Å². The lowest BCUT2D eigenvalue weighted by Gasteiger charge is -2.01. The van der Waals surface area contributed by atoms with Crippen LogP contribution < -0.4 is 0 Å². The van der Waals surface area contributed by atoms with Crippen LogP contribution in [0.3, 0.4) is 0 Å². The molecule has 0 unspecified atom stereocenters. The van der Waals surface area contributed by atoms with Crippen LogP contribution in [0.5, 0.6) is 0 Å². The molecule has 0 aliphatic carbocycles. The van der Waals surface area contributed by atoms with Crippen LogP contribution in [-0.4, -0.2) is 0 Å². The molecule has 0 atom stereocenters. The van der Waals surface area contributed by atoms with Gasteiger partial charge in [0.25, 0.3) is 0 Å². The first-order valence-electron chi connectivity index (χ1n) is 7.63. The van der Waals surface area contributed by atoms with Gasteiger partial charge in [-0.25, -0.2) is 0 Å². The smallest absolute Gasteiger partial charge is 0.0406 e. The highest BCUT2D eigenvalue weighted by molar-refractivity contribution is 8.03. The third-order valence-corrected chi connectivity index (χ3v) is 4.16. The summed E-state index contributed by atoms with van der Waals surface area (Å²) >= 11 is 7.62. The number of hydrogen-bond acceptors (Lipinski definition) is 1. The van der Waals surface area contributed by atoms with E-state index in [0.717, 1.165) is 10.6 Å². The summed E-state index contributed by atoms with van der Waals surface area (Å²) in [4.78, 5) is 2.52. The maximum Gasteiger partial charge on any atom is 0.0406 e. The van der Waals surface area contributed by atoms with E-state index in [9.17, 15) is 0 Å². The molecule has 0 radical (unpaired) electrons. The van der Waals surface area contributed by atoms with Crippen molar-refractivity contribution >= 4 is 29.4 Å². The molecular weight excluding hydrogens is 332 g/mol. The Kier molecular flexibility index (Phi) is 9.67. The molecule has 0 bridgehead atoms. The quantitative estimate of drug-likeness (QED) is 0.390. The predicted molar refractivity (Wildman–Crippen MR) is 112 cm³/mol. The van der Waals surface area contributed by atoms with Crippen molar-refractivity contribution in [2.45, 2.75) is 18.7 Å². The van der Waals surface area contributed by atoms with Crippen molar-refractivity contribution in [1.29, 1.82) is 0 Å². The van der Waals surface area contributed by atoms with Gasteiger partial charge >= 0.3 is 0 Å². The minimum Gasteiger partial charge on any atom is -0.0991 e. The van der Waals surface area contributed by atoms with Crippen molar-refractivity contribution < 1.29 is 0 Å². The lowest BCUT2D eigenvalue weighted by molar-refractivity contribution is 1.46. The molecule has 24 heavy (non-hydrogen) atoms. The molecule has 0 N–H and O–H groups in total. The highest BCUT2D eigenvalue weighted by atomic mass is 35.5. The fraction of sp³-hybridized carbons (Fsp3) is 0.0909. The molecule has 2 rings (SSSR count). The van der Waals surface area contributed by atoms with Gasteiger partial charge in [0, 0.05) is 9.92 Å². The van der Waals surface area contributed by atoms with E-state index in [4.69, 9.17) is 11.6 Å². The van der Waals surface area contributed by atoms with E-state index in [1.807, 2.05) is 43.3 Å². The summed E-state index contributed by atoms with van der Waals surface area (Å²) in [5, 5.41) is 0.774. The lowest BCUT2D eigenvalue weighted by Crippen LogP contribution is -1.74. The Balaban J connectivity index is 0.000000351. The average molecular weight is 355 g/mol. The van der Waals surface area contributed by atoms with E-state index in [2.05, 4.69) is 50.4 Å². The van der Waals surface area contributed by atoms with E-state index in [1.165, 1.54) is 15.4 Å². The SMILES string of the molecule is C/C(=C\c1ccc(Cl)cc1)Sc1ccccc1.C=C/C=C(/C)C=C. The highest BCUT2D eigenvalue weighted by Gasteiger charge is 1.95. The summed E-state index contributed by atoms with van der Waals surface area (Å²) in [5.41, 5.74) is 2.32. The van der Waals surface area contributed by atoms with Crippen molar-refractivity contribution in [2.75, 3.05) is 0 Å². The molecule has 0 amide bonds. The topological polar surface area (TPSA) is 0 Å². The van der Waals surface area contributed by atoms with Gasteiger partial charge in [0.15, 0.2) is 0 Å². The number of halogens is 1. The molecule has 0 fully saturated rings. The monoisotopic (exact) mass is 354 g/mol. The number of hydrogen-bond donors (Lipinski definition) is 0. The fourth-order valence-corrected chi connectivity index (χ4v) is 2.74. The van der Waals surface area contributed by atoms with Crippen molar-refractivity contribution in [2.24, 2.45) is 0 Å². The van der Waals surface area contributed by atoms with Crippen LogP contribution >= 0.6 is 23.4 Å². The van der Waals surface area contributed by atoms with E-state index in [-0.39, 0.29) is 0 Å². The second kappa shape index (κ2) is 11.6. The maximum absolute atomic E-state index is 5.85. The van der Waals surface area contributed by atoms with Crippen molar-refractivity contribution in [3.8, 4) is 0 Å². The van der Waals surface area contributed by atoms with E-state index < -0.39 is 0 Å². The summed E-state index contributed by atoms with van der Waals surface area (Å²) in [7, 11) is 0. The molecule has 2 aromatic carbocycles. The number of benzene rings is 2. The van der Waals surface area contributed by atoms with Gasteiger partial charge in [-0.05, 0) is 54.7 Å². The maximum atomic E-state index is 5.85. The average Bonchev–Trinajstić information content (AvgIpc) is 2.58. The molecule has 0 aliphatic heterocycles. The van der Waals surface area contributed by atoms with E-state index in [0.29, 0.717) is 0 Å². The molecule has 0 spiro atoms. The zero-order valence-electron chi connectivity index (χ0n) is 14.2. The van der Waals surface area contributed by atoms with Crippen molar-refractivity contribution in [3.05, 3.63) is 107 Å². The number of thioether (sulfide) groups is 1. The van der Waals surface area contributed by atoms with Crippen LogP contribution in [0.4, 0.5) is 0 Å². The van der Waals surface area contributed by atoms with Crippen LogP contribution in [-0.2, 0) is 0 Å².